The van der Waals surface area contributed by atoms with E-state index in [1.54, 1.807) is 24.3 Å². The minimum atomic E-state index is -1.05. The van der Waals surface area contributed by atoms with Crippen molar-refractivity contribution in [3.05, 3.63) is 156 Å². The third-order valence-electron chi connectivity index (χ3n) is 4.73. The van der Waals surface area contributed by atoms with Gasteiger partial charge in [-0.2, -0.15) is 36.4 Å². The second-order valence-corrected chi connectivity index (χ2v) is 7.40. The molecule has 2 N–H and O–H groups in total. The average molecular weight is 570 g/mol. The quantitative estimate of drug-likeness (QED) is 0.119. The van der Waals surface area contributed by atoms with Gasteiger partial charge in [0.25, 0.3) is 0 Å². The average Bonchev–Trinajstić information content (AvgIpc) is 3.69. The van der Waals surface area contributed by atoms with Gasteiger partial charge in [-0.25, -0.2) is 50.6 Å². The number of hydrogen-bond acceptors (Lipinski definition) is 0. The summed E-state index contributed by atoms with van der Waals surface area (Å²) in [5, 5.41) is 0. The van der Waals surface area contributed by atoms with E-state index in [0.717, 1.165) is 0 Å². The Morgan fingerprint density at radius 2 is 0.897 bits per heavy atom. The Hall–Kier alpha value is -4.01. The van der Waals surface area contributed by atoms with Crippen molar-refractivity contribution in [2.75, 3.05) is 0 Å². The Morgan fingerprint density at radius 1 is 0.538 bits per heavy atom. The maximum Gasteiger partial charge on any atom is 4.00 e. The fourth-order valence-electron chi connectivity index (χ4n) is 3.09. The van der Waals surface area contributed by atoms with Crippen molar-refractivity contribution in [2.24, 2.45) is 0 Å². The van der Waals surface area contributed by atoms with E-state index >= 15 is 0 Å². The molecule has 196 valence electrons. The van der Waals surface area contributed by atoms with Gasteiger partial charge in [0.05, 0.1) is 0 Å². The summed E-state index contributed by atoms with van der Waals surface area (Å²) in [6, 6.07) is 30.9. The van der Waals surface area contributed by atoms with E-state index in [-0.39, 0.29) is 44.2 Å². The van der Waals surface area contributed by atoms with Crippen molar-refractivity contribution in [3.63, 3.8) is 0 Å². The largest absolute Gasteiger partial charge is 4.00 e. The summed E-state index contributed by atoms with van der Waals surface area (Å²) >= 11 is 0. The third kappa shape index (κ3) is 9.67. The first-order valence-electron chi connectivity index (χ1n) is 11.1. The number of halogens is 6. The van der Waals surface area contributed by atoms with Crippen LogP contribution in [0.1, 0.15) is 0 Å². The molecule has 2 heterocycles. The molecule has 6 rings (SSSR count). The van der Waals surface area contributed by atoms with Gasteiger partial charge in [0, 0.05) is 47.3 Å². The van der Waals surface area contributed by atoms with Crippen LogP contribution in [-0.4, -0.2) is 9.97 Å². The summed E-state index contributed by atoms with van der Waals surface area (Å²) in [5.41, 5.74) is -0.0692. The first kappa shape index (κ1) is 31.2. The molecule has 2 aromatic heterocycles. The van der Waals surface area contributed by atoms with Gasteiger partial charge in [0.2, 0.25) is 0 Å². The van der Waals surface area contributed by atoms with Gasteiger partial charge in [0.15, 0.2) is 0 Å². The van der Waals surface area contributed by atoms with Gasteiger partial charge in [-0.05, 0) is 46.8 Å². The number of benzene rings is 2. The minimum Gasteiger partial charge on any atom is -0.371 e. The van der Waals surface area contributed by atoms with Crippen LogP contribution in [0.25, 0.3) is 22.5 Å². The predicted octanol–water partition coefficient (Wildman–Crippen LogP) is 8.61. The Kier molecular flexibility index (Phi) is 12.9. The number of aromatic nitrogens is 2. The first-order valence-corrected chi connectivity index (χ1v) is 11.1. The number of aromatic amines is 2. The van der Waals surface area contributed by atoms with Crippen LogP contribution in [0.15, 0.2) is 109 Å². The first-order chi connectivity index (χ1) is 18.4. The molecule has 0 bridgehead atoms. The van der Waals surface area contributed by atoms with Crippen molar-refractivity contribution in [1.29, 1.82) is 0 Å². The Morgan fingerprint density at radius 3 is 1.13 bits per heavy atom. The van der Waals surface area contributed by atoms with E-state index in [2.05, 4.69) is 9.97 Å². The van der Waals surface area contributed by atoms with Gasteiger partial charge in [-0.1, -0.05) is 12.1 Å². The van der Waals surface area contributed by atoms with Gasteiger partial charge >= 0.3 is 21.7 Å². The summed E-state index contributed by atoms with van der Waals surface area (Å²) in [5.74, 6) is -6.05. The van der Waals surface area contributed by atoms with Gasteiger partial charge in [-0.15, -0.1) is 12.1 Å². The molecule has 9 heteroatoms. The molecular formula is C30H20F6N2Ti. The fourth-order valence-corrected chi connectivity index (χ4v) is 3.09. The Balaban J connectivity index is 0.000000199. The van der Waals surface area contributed by atoms with Crippen molar-refractivity contribution >= 4 is 0 Å². The summed E-state index contributed by atoms with van der Waals surface area (Å²) in [6.45, 7) is 0. The molecule has 0 spiro atoms. The zero-order valence-corrected chi connectivity index (χ0v) is 21.7. The number of rotatable bonds is 2. The molecule has 2 nitrogen and oxygen atoms in total. The van der Waals surface area contributed by atoms with Crippen LogP contribution >= 0.6 is 0 Å². The van der Waals surface area contributed by atoms with Crippen LogP contribution in [0, 0.1) is 47.0 Å². The number of nitrogens with one attached hydrogen (secondary N) is 2. The summed E-state index contributed by atoms with van der Waals surface area (Å²) in [7, 11) is 0. The Bertz CT molecular complexity index is 1270. The fraction of sp³-hybridized carbons (Fsp3) is 0. The molecule has 0 amide bonds. The van der Waals surface area contributed by atoms with Gasteiger partial charge in [-0.3, -0.25) is 0 Å². The monoisotopic (exact) mass is 570 g/mol. The zero-order valence-electron chi connectivity index (χ0n) is 20.2. The molecule has 0 saturated carbocycles. The maximum absolute atomic E-state index is 13.2. The Labute approximate surface area is 236 Å². The summed E-state index contributed by atoms with van der Waals surface area (Å²) in [4.78, 5) is 5.26. The van der Waals surface area contributed by atoms with Crippen LogP contribution in [0.3, 0.4) is 0 Å². The molecule has 0 aliphatic carbocycles. The molecule has 0 saturated heterocycles. The topological polar surface area (TPSA) is 31.6 Å². The van der Waals surface area contributed by atoms with E-state index in [4.69, 9.17) is 0 Å². The SMILES string of the molecule is Fc1[c-]c(F)c(-c2ccc[nH]2)c(F)c1.Fc1[c-]c(F)c(-c2ccc[nH]2)c(F)c1.[Ti+4].c1cc[cH-]c1.c1cc[cH-]c1. The molecule has 6 aromatic rings. The van der Waals surface area contributed by atoms with E-state index < -0.39 is 34.9 Å². The van der Waals surface area contributed by atoms with Gasteiger partial charge < -0.3 is 9.97 Å². The molecule has 39 heavy (non-hydrogen) atoms. The normalized spacial score (nSPS) is 9.59. The van der Waals surface area contributed by atoms with Crippen molar-refractivity contribution < 1.29 is 48.1 Å². The summed E-state index contributed by atoms with van der Waals surface area (Å²) < 4.78 is 77.6. The summed E-state index contributed by atoms with van der Waals surface area (Å²) in [6.07, 6.45) is 3.05. The second kappa shape index (κ2) is 16.1. The van der Waals surface area contributed by atoms with Gasteiger partial charge in [0.1, 0.15) is 0 Å². The van der Waals surface area contributed by atoms with E-state index in [1.165, 1.54) is 24.5 Å². The van der Waals surface area contributed by atoms with Crippen molar-refractivity contribution in [1.82, 2.24) is 9.97 Å². The standard InChI is InChI=1S/2C10H5F3N.2C5H5.Ti/c2*11-6-4-7(12)10(8(13)5-6)9-2-1-3-14-9;2*1-2-4-5-3-1;/h2*1-4,14H;2*1-5H;/q4*-1;+4. The van der Waals surface area contributed by atoms with Crippen LogP contribution in [0.2, 0.25) is 0 Å². The smallest absolute Gasteiger partial charge is 0.371 e. The van der Waals surface area contributed by atoms with Crippen molar-refractivity contribution in [2.45, 2.75) is 0 Å². The molecule has 0 aliphatic heterocycles. The molecule has 0 radical (unpaired) electrons. The molecule has 0 fully saturated rings. The molecule has 0 unspecified atom stereocenters. The number of H-pyrrole nitrogens is 2. The predicted molar refractivity (Wildman–Crippen MR) is 134 cm³/mol. The van der Waals surface area contributed by atoms with Crippen LogP contribution in [0.4, 0.5) is 26.3 Å². The van der Waals surface area contributed by atoms with Crippen LogP contribution in [-0.2, 0) is 21.7 Å². The molecule has 4 aromatic carbocycles. The number of hydrogen-bond donors (Lipinski definition) is 2. The van der Waals surface area contributed by atoms with Crippen LogP contribution < -0.4 is 0 Å². The molecular weight excluding hydrogens is 550 g/mol. The van der Waals surface area contributed by atoms with E-state index in [0.29, 0.717) is 12.1 Å². The van der Waals surface area contributed by atoms with E-state index in [1.807, 2.05) is 60.7 Å². The van der Waals surface area contributed by atoms with Crippen molar-refractivity contribution in [3.8, 4) is 22.5 Å². The second-order valence-electron chi connectivity index (χ2n) is 7.40. The third-order valence-corrected chi connectivity index (χ3v) is 4.73. The van der Waals surface area contributed by atoms with Crippen LogP contribution in [0.5, 0.6) is 0 Å². The molecule has 0 atom stereocenters. The van der Waals surface area contributed by atoms with E-state index in [9.17, 15) is 26.3 Å². The minimum absolute atomic E-state index is 0. The zero-order chi connectivity index (χ0) is 27.3. The molecule has 0 aliphatic rings. The maximum atomic E-state index is 13.2.